The van der Waals surface area contributed by atoms with Gasteiger partial charge in [-0.1, -0.05) is 0 Å². The first kappa shape index (κ1) is 15.4. The Bertz CT molecular complexity index is 865. The standard InChI is InChI=1S/C17H16N4O4/c1-10-14(20(22)23)5-3-12-7-19-9-18(16(10)12)8-13-4-6-15(21(24)25)11(2)17(13)19/h3-6H,7-9H2,1-2H3. The Morgan fingerprint density at radius 2 is 1.20 bits per heavy atom. The largest absolute Gasteiger partial charge is 0.349 e. The first-order chi connectivity index (χ1) is 11.9. The van der Waals surface area contributed by atoms with E-state index in [2.05, 4.69) is 9.80 Å². The molecule has 0 atom stereocenters. The normalized spacial score (nSPS) is 14.8. The molecule has 25 heavy (non-hydrogen) atoms. The van der Waals surface area contributed by atoms with Crippen LogP contribution in [0.5, 0.6) is 0 Å². The molecule has 4 rings (SSSR count). The van der Waals surface area contributed by atoms with Gasteiger partial charge in [-0.2, -0.15) is 0 Å². The van der Waals surface area contributed by atoms with Crippen molar-refractivity contribution < 1.29 is 9.85 Å². The highest BCUT2D eigenvalue weighted by Gasteiger charge is 2.34. The maximum atomic E-state index is 11.2. The Morgan fingerprint density at radius 3 is 1.56 bits per heavy atom. The maximum Gasteiger partial charge on any atom is 0.274 e. The van der Waals surface area contributed by atoms with Crippen LogP contribution in [0, 0.1) is 34.1 Å². The Morgan fingerprint density at radius 1 is 0.800 bits per heavy atom. The molecular weight excluding hydrogens is 324 g/mol. The predicted octanol–water partition coefficient (Wildman–Crippen LogP) is 3.42. The number of rotatable bonds is 2. The minimum Gasteiger partial charge on any atom is -0.349 e. The summed E-state index contributed by atoms with van der Waals surface area (Å²) in [6, 6.07) is 6.66. The minimum absolute atomic E-state index is 0.123. The summed E-state index contributed by atoms with van der Waals surface area (Å²) in [7, 11) is 0. The molecule has 2 bridgehead atoms. The topological polar surface area (TPSA) is 92.8 Å². The molecule has 0 spiro atoms. The van der Waals surface area contributed by atoms with Crippen LogP contribution >= 0.6 is 0 Å². The van der Waals surface area contributed by atoms with Crippen LogP contribution in [-0.2, 0) is 13.1 Å². The number of benzene rings is 2. The van der Waals surface area contributed by atoms with Crippen molar-refractivity contribution >= 4 is 22.7 Å². The molecule has 0 fully saturated rings. The molecule has 0 N–H and O–H groups in total. The van der Waals surface area contributed by atoms with Crippen LogP contribution in [0.15, 0.2) is 24.3 Å². The zero-order chi connectivity index (χ0) is 17.9. The Hall–Kier alpha value is -3.16. The second-order valence-electron chi connectivity index (χ2n) is 6.49. The third-order valence-electron chi connectivity index (χ3n) is 5.06. The van der Waals surface area contributed by atoms with Crippen LogP contribution in [0.2, 0.25) is 0 Å². The third-order valence-corrected chi connectivity index (χ3v) is 5.06. The summed E-state index contributed by atoms with van der Waals surface area (Å²) in [5.41, 5.74) is 5.42. The summed E-state index contributed by atoms with van der Waals surface area (Å²) in [5, 5.41) is 22.5. The molecule has 2 aromatic rings. The molecule has 8 heteroatoms. The maximum absolute atomic E-state index is 11.2. The van der Waals surface area contributed by atoms with Crippen LogP contribution in [0.3, 0.4) is 0 Å². The molecule has 0 amide bonds. The van der Waals surface area contributed by atoms with Gasteiger partial charge in [0.1, 0.15) is 0 Å². The number of nitrogens with zero attached hydrogens (tertiary/aromatic N) is 4. The van der Waals surface area contributed by atoms with E-state index in [1.54, 1.807) is 38.1 Å². The lowest BCUT2D eigenvalue weighted by Gasteiger charge is -2.45. The van der Waals surface area contributed by atoms with E-state index in [1.165, 1.54) is 0 Å². The molecule has 2 aliphatic heterocycles. The van der Waals surface area contributed by atoms with Gasteiger partial charge >= 0.3 is 0 Å². The Balaban J connectivity index is 1.85. The van der Waals surface area contributed by atoms with Gasteiger partial charge < -0.3 is 9.80 Å². The summed E-state index contributed by atoms with van der Waals surface area (Å²) >= 11 is 0. The average molecular weight is 340 g/mol. The van der Waals surface area contributed by atoms with Gasteiger partial charge in [0.15, 0.2) is 0 Å². The highest BCUT2D eigenvalue weighted by molar-refractivity contribution is 5.76. The first-order valence-corrected chi connectivity index (χ1v) is 7.92. The molecule has 2 heterocycles. The predicted molar refractivity (Wildman–Crippen MR) is 92.9 cm³/mol. The number of nitro groups is 2. The molecule has 0 aliphatic carbocycles. The lowest BCUT2D eigenvalue weighted by atomic mass is 9.95. The van der Waals surface area contributed by atoms with Crippen LogP contribution in [0.25, 0.3) is 0 Å². The first-order valence-electron chi connectivity index (χ1n) is 7.92. The molecule has 0 saturated carbocycles. The van der Waals surface area contributed by atoms with E-state index < -0.39 is 0 Å². The molecular formula is C17H16N4O4. The summed E-state index contributed by atoms with van der Waals surface area (Å²) in [4.78, 5) is 26.0. The second kappa shape index (κ2) is 5.17. The zero-order valence-electron chi connectivity index (χ0n) is 13.9. The Kier molecular flexibility index (Phi) is 3.18. The van der Waals surface area contributed by atoms with Gasteiger partial charge in [-0.3, -0.25) is 20.2 Å². The van der Waals surface area contributed by atoms with Gasteiger partial charge in [0.25, 0.3) is 11.4 Å². The molecule has 2 aliphatic rings. The third kappa shape index (κ3) is 2.14. The number of hydrogen-bond donors (Lipinski definition) is 0. The van der Waals surface area contributed by atoms with Crippen molar-refractivity contribution in [2.45, 2.75) is 26.9 Å². The summed E-state index contributed by atoms with van der Waals surface area (Å²) in [6.45, 7) is 5.30. The lowest BCUT2D eigenvalue weighted by molar-refractivity contribution is -0.385. The van der Waals surface area contributed by atoms with Crippen molar-refractivity contribution in [3.05, 3.63) is 66.7 Å². The second-order valence-corrected chi connectivity index (χ2v) is 6.49. The fraction of sp³-hybridized carbons (Fsp3) is 0.294. The van der Waals surface area contributed by atoms with Crippen LogP contribution in [0.1, 0.15) is 22.3 Å². The molecule has 0 radical (unpaired) electrons. The van der Waals surface area contributed by atoms with Crippen molar-refractivity contribution in [3.8, 4) is 0 Å². The summed E-state index contributed by atoms with van der Waals surface area (Å²) in [5.74, 6) is 0. The van der Waals surface area contributed by atoms with Gasteiger partial charge in [-0.15, -0.1) is 0 Å². The number of anilines is 2. The van der Waals surface area contributed by atoms with E-state index in [1.807, 2.05) is 0 Å². The summed E-state index contributed by atoms with van der Waals surface area (Å²) < 4.78 is 0. The lowest BCUT2D eigenvalue weighted by Crippen LogP contribution is -2.46. The SMILES string of the molecule is Cc1c([N+](=O)[O-])ccc2c1N1Cc3ccc([N+](=O)[O-])c(C)c3N(C2)C1. The molecule has 8 nitrogen and oxygen atoms in total. The molecule has 0 saturated heterocycles. The van der Waals surface area contributed by atoms with Crippen LogP contribution in [-0.4, -0.2) is 16.5 Å². The van der Waals surface area contributed by atoms with Crippen molar-refractivity contribution in [2.75, 3.05) is 16.5 Å². The van der Waals surface area contributed by atoms with E-state index in [9.17, 15) is 20.2 Å². The van der Waals surface area contributed by atoms with Crippen molar-refractivity contribution in [1.82, 2.24) is 0 Å². The van der Waals surface area contributed by atoms with Gasteiger partial charge in [0, 0.05) is 25.2 Å². The highest BCUT2D eigenvalue weighted by atomic mass is 16.6. The van der Waals surface area contributed by atoms with Gasteiger partial charge in [0.05, 0.1) is 39.0 Å². The van der Waals surface area contributed by atoms with Crippen molar-refractivity contribution in [1.29, 1.82) is 0 Å². The van der Waals surface area contributed by atoms with E-state index in [4.69, 9.17) is 0 Å². The number of hydrogen-bond acceptors (Lipinski definition) is 6. The molecule has 0 aromatic heterocycles. The van der Waals surface area contributed by atoms with Gasteiger partial charge in [-0.05, 0) is 37.1 Å². The summed E-state index contributed by atoms with van der Waals surface area (Å²) in [6.07, 6.45) is 0. The number of fused-ring (bicyclic) bond motifs is 6. The fourth-order valence-corrected chi connectivity index (χ4v) is 4.04. The molecule has 0 unspecified atom stereocenters. The van der Waals surface area contributed by atoms with E-state index in [-0.39, 0.29) is 21.2 Å². The van der Waals surface area contributed by atoms with Gasteiger partial charge in [-0.25, -0.2) is 0 Å². The smallest absolute Gasteiger partial charge is 0.274 e. The van der Waals surface area contributed by atoms with Crippen LogP contribution < -0.4 is 9.80 Å². The highest BCUT2D eigenvalue weighted by Crippen LogP contribution is 2.44. The van der Waals surface area contributed by atoms with E-state index >= 15 is 0 Å². The Labute approximate surface area is 143 Å². The van der Waals surface area contributed by atoms with Crippen LogP contribution in [0.4, 0.5) is 22.7 Å². The number of nitro benzene ring substituents is 2. The van der Waals surface area contributed by atoms with Crippen molar-refractivity contribution in [3.63, 3.8) is 0 Å². The quantitative estimate of drug-likeness (QED) is 0.614. The van der Waals surface area contributed by atoms with Crippen molar-refractivity contribution in [2.24, 2.45) is 0 Å². The average Bonchev–Trinajstić information content (AvgIpc) is 2.54. The monoisotopic (exact) mass is 340 g/mol. The molecule has 128 valence electrons. The van der Waals surface area contributed by atoms with E-state index in [0.717, 1.165) is 22.5 Å². The van der Waals surface area contributed by atoms with Gasteiger partial charge in [0.2, 0.25) is 0 Å². The molecule has 2 aromatic carbocycles. The van der Waals surface area contributed by atoms with E-state index in [0.29, 0.717) is 30.9 Å². The minimum atomic E-state index is -0.354. The zero-order valence-corrected chi connectivity index (χ0v) is 13.9. The fourth-order valence-electron chi connectivity index (χ4n) is 4.04.